The van der Waals surface area contributed by atoms with Crippen LogP contribution in [0, 0.1) is 0 Å². The van der Waals surface area contributed by atoms with E-state index in [1.807, 2.05) is 0 Å². The Hall–Kier alpha value is -3.41. The van der Waals surface area contributed by atoms with Crippen molar-refractivity contribution in [2.75, 3.05) is 13.2 Å². The summed E-state index contributed by atoms with van der Waals surface area (Å²) in [7, 11) is 0. The zero-order chi connectivity index (χ0) is 47.2. The van der Waals surface area contributed by atoms with Crippen molar-refractivity contribution in [3.8, 4) is 0 Å². The van der Waals surface area contributed by atoms with Crippen molar-refractivity contribution in [2.24, 2.45) is 0 Å². The highest BCUT2D eigenvalue weighted by molar-refractivity contribution is 5.71. The van der Waals surface area contributed by atoms with E-state index in [1.54, 1.807) is 0 Å². The van der Waals surface area contributed by atoms with E-state index >= 15 is 0 Å². The molecule has 0 aliphatic carbocycles. The molecule has 0 radical (unpaired) electrons. The molecule has 0 saturated heterocycles. The van der Waals surface area contributed by atoms with Crippen LogP contribution in [0.3, 0.4) is 0 Å². The Balaban J connectivity index is 4.53. The Morgan fingerprint density at radius 3 is 1.00 bits per heavy atom. The van der Waals surface area contributed by atoms with Gasteiger partial charge in [0.2, 0.25) is 0 Å². The number of unbranched alkanes of at least 4 members (excludes halogenated alkanes) is 23. The van der Waals surface area contributed by atoms with Crippen LogP contribution in [0.2, 0.25) is 0 Å². The normalized spacial score (nSPS) is 12.7. The van der Waals surface area contributed by atoms with Gasteiger partial charge in [0, 0.05) is 19.3 Å². The quantitative estimate of drug-likeness (QED) is 0.0262. The highest BCUT2D eigenvalue weighted by atomic mass is 16.6. The monoisotopic (exact) mass is 905 g/mol. The van der Waals surface area contributed by atoms with E-state index < -0.39 is 6.10 Å². The molecule has 0 unspecified atom stereocenters. The maximum absolute atomic E-state index is 12.8. The third kappa shape index (κ3) is 51.4. The summed E-state index contributed by atoms with van der Waals surface area (Å²) in [6, 6.07) is 0. The highest BCUT2D eigenvalue weighted by Crippen LogP contribution is 2.13. The van der Waals surface area contributed by atoms with E-state index in [0.717, 1.165) is 83.5 Å². The van der Waals surface area contributed by atoms with Gasteiger partial charge < -0.3 is 14.2 Å². The molecule has 0 aromatic rings. The summed E-state index contributed by atoms with van der Waals surface area (Å²) in [5.74, 6) is -1.01. The van der Waals surface area contributed by atoms with Gasteiger partial charge in [-0.3, -0.25) is 14.4 Å². The molecule has 0 aliphatic rings. The maximum Gasteiger partial charge on any atom is 0.306 e. The molecule has 0 amide bonds. The summed E-state index contributed by atoms with van der Waals surface area (Å²) in [5, 5.41) is 0. The third-order valence-electron chi connectivity index (χ3n) is 11.3. The third-order valence-corrected chi connectivity index (χ3v) is 11.3. The van der Waals surface area contributed by atoms with Crippen LogP contribution in [0.15, 0.2) is 85.1 Å². The van der Waals surface area contributed by atoms with E-state index in [1.165, 1.54) is 122 Å². The zero-order valence-electron chi connectivity index (χ0n) is 42.5. The maximum atomic E-state index is 12.8. The predicted molar refractivity (Wildman–Crippen MR) is 279 cm³/mol. The summed E-state index contributed by atoms with van der Waals surface area (Å²) in [4.78, 5) is 38.0. The van der Waals surface area contributed by atoms with Crippen LogP contribution < -0.4 is 0 Å². The van der Waals surface area contributed by atoms with Crippen LogP contribution in [0.4, 0.5) is 0 Å². The highest BCUT2D eigenvalue weighted by Gasteiger charge is 2.19. The first kappa shape index (κ1) is 61.6. The minimum Gasteiger partial charge on any atom is -0.462 e. The SMILES string of the molecule is CCCCC/C=C\C/C=C\C/C=C\CCCCC(=O)OC[C@H](COC(=O)CCC/C=C\C/C=C\C/C=C\CCCCCCCC)OC(=O)CCCCCCC/C=C\CCCCCCCC. The summed E-state index contributed by atoms with van der Waals surface area (Å²) in [5.41, 5.74) is 0. The number of allylic oxidation sites excluding steroid dienone is 14. The van der Waals surface area contributed by atoms with Crippen LogP contribution in [-0.4, -0.2) is 37.2 Å². The Labute approximate surface area is 401 Å². The molecular formula is C59H100O6. The van der Waals surface area contributed by atoms with Gasteiger partial charge in [-0.2, -0.15) is 0 Å². The van der Waals surface area contributed by atoms with Gasteiger partial charge in [0.15, 0.2) is 6.10 Å². The first-order valence-electron chi connectivity index (χ1n) is 27.1. The molecule has 0 aromatic carbocycles. The number of esters is 3. The summed E-state index contributed by atoms with van der Waals surface area (Å²) < 4.78 is 16.7. The lowest BCUT2D eigenvalue weighted by Gasteiger charge is -2.18. The summed E-state index contributed by atoms with van der Waals surface area (Å²) in [6.45, 7) is 6.51. The smallest absolute Gasteiger partial charge is 0.306 e. The van der Waals surface area contributed by atoms with Crippen LogP contribution in [-0.2, 0) is 28.6 Å². The average Bonchev–Trinajstić information content (AvgIpc) is 3.30. The minimum atomic E-state index is -0.817. The molecule has 372 valence electrons. The molecule has 0 heterocycles. The van der Waals surface area contributed by atoms with Gasteiger partial charge in [-0.15, -0.1) is 0 Å². The molecule has 0 fully saturated rings. The van der Waals surface area contributed by atoms with Crippen molar-refractivity contribution in [3.63, 3.8) is 0 Å². The first-order chi connectivity index (χ1) is 32.0. The number of ether oxygens (including phenoxy) is 3. The van der Waals surface area contributed by atoms with Gasteiger partial charge in [0.05, 0.1) is 0 Å². The first-order valence-corrected chi connectivity index (χ1v) is 27.1. The second kappa shape index (κ2) is 53.2. The number of carbonyl (C=O) groups is 3. The standard InChI is InChI=1S/C59H100O6/c1-4-7-10-13-16-19-22-25-28-29-32-34-37-40-43-46-49-52-58(61)64-55-56(65-59(62)53-50-47-44-41-38-35-31-27-24-21-18-15-12-9-6-3)54-63-57(60)51-48-45-42-39-36-33-30-26-23-20-17-14-11-8-5-2/h17,20,25-28,30-32,34,36,39-40,43,56H,4-16,18-19,21-24,29,33,35,37-38,41-42,44-55H2,1-3H3/b20-17-,28-25-,30-26-,31-27-,34-32-,39-36-,43-40-/t56-/m1/s1. The van der Waals surface area contributed by atoms with Crippen molar-refractivity contribution >= 4 is 17.9 Å². The molecular weight excluding hydrogens is 805 g/mol. The molecule has 1 atom stereocenters. The van der Waals surface area contributed by atoms with Gasteiger partial charge in [0.25, 0.3) is 0 Å². The summed E-state index contributed by atoms with van der Waals surface area (Å²) in [6.07, 6.45) is 68.6. The van der Waals surface area contributed by atoms with Crippen LogP contribution in [0.1, 0.15) is 252 Å². The lowest BCUT2D eigenvalue weighted by Crippen LogP contribution is -2.30. The van der Waals surface area contributed by atoms with Gasteiger partial charge >= 0.3 is 17.9 Å². The van der Waals surface area contributed by atoms with Crippen LogP contribution in [0.25, 0.3) is 0 Å². The minimum absolute atomic E-state index is 0.116. The van der Waals surface area contributed by atoms with Crippen molar-refractivity contribution in [3.05, 3.63) is 85.1 Å². The fourth-order valence-corrected chi connectivity index (χ4v) is 7.22. The van der Waals surface area contributed by atoms with Gasteiger partial charge in [-0.1, -0.05) is 202 Å². The summed E-state index contributed by atoms with van der Waals surface area (Å²) >= 11 is 0. The molecule has 0 aromatic heterocycles. The van der Waals surface area contributed by atoms with Gasteiger partial charge in [-0.25, -0.2) is 0 Å². The van der Waals surface area contributed by atoms with E-state index in [9.17, 15) is 14.4 Å². The fraction of sp³-hybridized carbons (Fsp3) is 0.712. The van der Waals surface area contributed by atoms with Crippen LogP contribution in [0.5, 0.6) is 0 Å². The molecule has 6 nitrogen and oxygen atoms in total. The average molecular weight is 905 g/mol. The predicted octanol–water partition coefficient (Wildman–Crippen LogP) is 18.0. The molecule has 0 N–H and O–H groups in total. The Morgan fingerprint density at radius 2 is 0.569 bits per heavy atom. The molecule has 0 aliphatic heterocycles. The van der Waals surface area contributed by atoms with E-state index in [4.69, 9.17) is 14.2 Å². The lowest BCUT2D eigenvalue weighted by atomic mass is 10.1. The van der Waals surface area contributed by atoms with Crippen molar-refractivity contribution < 1.29 is 28.6 Å². The second-order valence-electron chi connectivity index (χ2n) is 17.8. The van der Waals surface area contributed by atoms with Gasteiger partial charge in [0.1, 0.15) is 13.2 Å². The largest absolute Gasteiger partial charge is 0.462 e. The molecule has 0 bridgehead atoms. The number of rotatable bonds is 48. The Morgan fingerprint density at radius 1 is 0.308 bits per heavy atom. The van der Waals surface area contributed by atoms with Crippen molar-refractivity contribution in [1.82, 2.24) is 0 Å². The van der Waals surface area contributed by atoms with Gasteiger partial charge in [-0.05, 0) is 116 Å². The van der Waals surface area contributed by atoms with Crippen molar-refractivity contribution in [1.29, 1.82) is 0 Å². The Bertz CT molecular complexity index is 1270. The Kier molecular flexibility index (Phi) is 50.4. The van der Waals surface area contributed by atoms with Crippen molar-refractivity contribution in [2.45, 2.75) is 258 Å². The second-order valence-corrected chi connectivity index (χ2v) is 17.8. The number of carbonyl (C=O) groups excluding carboxylic acids is 3. The molecule has 0 spiro atoms. The topological polar surface area (TPSA) is 78.9 Å². The number of hydrogen-bond acceptors (Lipinski definition) is 6. The zero-order valence-corrected chi connectivity index (χ0v) is 42.5. The molecule has 0 saturated carbocycles. The van der Waals surface area contributed by atoms with E-state index in [-0.39, 0.29) is 37.5 Å². The molecule has 6 heteroatoms. The number of hydrogen-bond donors (Lipinski definition) is 0. The fourth-order valence-electron chi connectivity index (χ4n) is 7.22. The van der Waals surface area contributed by atoms with E-state index in [0.29, 0.717) is 19.3 Å². The van der Waals surface area contributed by atoms with Crippen LogP contribution >= 0.6 is 0 Å². The van der Waals surface area contributed by atoms with E-state index in [2.05, 4.69) is 106 Å². The molecule has 0 rings (SSSR count). The molecule has 65 heavy (non-hydrogen) atoms. The lowest BCUT2D eigenvalue weighted by molar-refractivity contribution is -0.167.